The normalized spacial score (nSPS) is 15.1. The van der Waals surface area contributed by atoms with Gasteiger partial charge in [-0.2, -0.15) is 5.10 Å². The van der Waals surface area contributed by atoms with E-state index in [1.165, 1.54) is 11.3 Å². The second-order valence-electron chi connectivity index (χ2n) is 6.32. The van der Waals surface area contributed by atoms with Crippen LogP contribution in [0.3, 0.4) is 0 Å². The Balaban J connectivity index is 2.00. The van der Waals surface area contributed by atoms with Crippen LogP contribution in [0.4, 0.5) is 5.69 Å². The third-order valence-electron chi connectivity index (χ3n) is 3.89. The number of nitrogen functional groups attached to an aromatic ring is 1. The van der Waals surface area contributed by atoms with E-state index >= 15 is 0 Å². The summed E-state index contributed by atoms with van der Waals surface area (Å²) in [7, 11) is 1.90. The number of hydrogen-bond acceptors (Lipinski definition) is 4. The molecule has 1 aliphatic rings. The highest BCUT2D eigenvalue weighted by molar-refractivity contribution is 7.21. The molecular weight excluding hydrogens is 284 g/mol. The summed E-state index contributed by atoms with van der Waals surface area (Å²) in [6, 6.07) is 0.406. The third kappa shape index (κ3) is 2.41. The van der Waals surface area contributed by atoms with E-state index in [4.69, 9.17) is 5.73 Å². The second-order valence-corrected chi connectivity index (χ2v) is 7.32. The molecule has 0 radical (unpaired) electrons. The van der Waals surface area contributed by atoms with Gasteiger partial charge in [0.2, 0.25) is 0 Å². The molecule has 2 aromatic heterocycles. The van der Waals surface area contributed by atoms with Gasteiger partial charge in [0, 0.05) is 19.6 Å². The molecule has 5 nitrogen and oxygen atoms in total. The minimum Gasteiger partial charge on any atom is -0.397 e. The monoisotopic (exact) mass is 306 g/mol. The zero-order valence-electron chi connectivity index (χ0n) is 13.0. The summed E-state index contributed by atoms with van der Waals surface area (Å²) < 4.78 is 1.81. The maximum Gasteiger partial charge on any atom is 0.266 e. The summed E-state index contributed by atoms with van der Waals surface area (Å²) >= 11 is 1.46. The average molecular weight is 306 g/mol. The first-order valence-electron chi connectivity index (χ1n) is 7.42. The summed E-state index contributed by atoms with van der Waals surface area (Å²) in [5, 5.41) is 5.31. The summed E-state index contributed by atoms with van der Waals surface area (Å²) in [4.78, 5) is 16.6. The van der Waals surface area contributed by atoms with Crippen LogP contribution in [0.2, 0.25) is 0 Å². The second kappa shape index (κ2) is 5.02. The number of nitrogens with two attached hydrogens (primary N) is 1. The Labute approximate surface area is 128 Å². The number of amides is 1. The average Bonchev–Trinajstić information content (AvgIpc) is 3.12. The fourth-order valence-corrected chi connectivity index (χ4v) is 3.94. The van der Waals surface area contributed by atoms with Crippen molar-refractivity contribution in [3.05, 3.63) is 10.6 Å². The molecule has 2 N–H and O–H groups in total. The first kappa shape index (κ1) is 14.4. The lowest BCUT2D eigenvalue weighted by atomic mass is 10.2. The lowest BCUT2D eigenvalue weighted by molar-refractivity contribution is 0.0728. The Morgan fingerprint density at radius 1 is 1.52 bits per heavy atom. The minimum absolute atomic E-state index is 0.0873. The third-order valence-corrected chi connectivity index (χ3v) is 5.15. The van der Waals surface area contributed by atoms with E-state index in [-0.39, 0.29) is 5.91 Å². The van der Waals surface area contributed by atoms with Gasteiger partial charge in [0.1, 0.15) is 9.71 Å². The highest BCUT2D eigenvalue weighted by atomic mass is 32.1. The number of hydrogen-bond donors (Lipinski definition) is 1. The molecule has 3 rings (SSSR count). The Kier molecular flexibility index (Phi) is 3.43. The van der Waals surface area contributed by atoms with Crippen molar-refractivity contribution in [1.82, 2.24) is 14.7 Å². The van der Waals surface area contributed by atoms with Crippen molar-refractivity contribution in [2.75, 3.05) is 12.3 Å². The number of aromatic nitrogens is 2. The number of carbonyl (C=O) groups is 1. The molecule has 1 saturated carbocycles. The Bertz CT molecular complexity index is 696. The van der Waals surface area contributed by atoms with Crippen LogP contribution in [0, 0.1) is 12.8 Å². The van der Waals surface area contributed by atoms with Crippen LogP contribution >= 0.6 is 11.3 Å². The van der Waals surface area contributed by atoms with Crippen LogP contribution in [-0.2, 0) is 7.05 Å². The molecule has 0 aromatic carbocycles. The number of anilines is 1. The van der Waals surface area contributed by atoms with Crippen molar-refractivity contribution >= 4 is 33.1 Å². The maximum atomic E-state index is 12.9. The van der Waals surface area contributed by atoms with E-state index in [2.05, 4.69) is 18.9 Å². The quantitative estimate of drug-likeness (QED) is 0.944. The smallest absolute Gasteiger partial charge is 0.266 e. The van der Waals surface area contributed by atoms with Crippen LogP contribution in [0.15, 0.2) is 0 Å². The van der Waals surface area contributed by atoms with Gasteiger partial charge in [-0.05, 0) is 25.7 Å². The number of nitrogens with zero attached hydrogens (tertiary/aromatic N) is 3. The molecule has 114 valence electrons. The lowest BCUT2D eigenvalue weighted by Gasteiger charge is -2.24. The summed E-state index contributed by atoms with van der Waals surface area (Å²) in [5.41, 5.74) is 7.74. The van der Waals surface area contributed by atoms with Crippen LogP contribution in [-0.4, -0.2) is 33.2 Å². The first-order chi connectivity index (χ1) is 9.90. The molecule has 2 aromatic rings. The van der Waals surface area contributed by atoms with Gasteiger partial charge in [0.05, 0.1) is 16.8 Å². The zero-order chi connectivity index (χ0) is 15.3. The van der Waals surface area contributed by atoms with E-state index in [0.717, 1.165) is 35.3 Å². The van der Waals surface area contributed by atoms with Gasteiger partial charge in [-0.1, -0.05) is 13.8 Å². The van der Waals surface area contributed by atoms with E-state index < -0.39 is 0 Å². The predicted molar refractivity (Wildman–Crippen MR) is 86.6 cm³/mol. The summed E-state index contributed by atoms with van der Waals surface area (Å²) in [6.45, 7) is 7.02. The zero-order valence-corrected chi connectivity index (χ0v) is 13.8. The van der Waals surface area contributed by atoms with Crippen LogP contribution in [0.1, 0.15) is 42.1 Å². The summed E-state index contributed by atoms with van der Waals surface area (Å²) in [6.07, 6.45) is 2.23. The number of thiophene rings is 1. The van der Waals surface area contributed by atoms with Crippen molar-refractivity contribution in [3.63, 3.8) is 0 Å². The SMILES string of the molecule is Cc1nn(C)c2sc(C(=O)N(CC(C)C)C3CC3)c(N)c12. The van der Waals surface area contributed by atoms with Gasteiger partial charge in [-0.3, -0.25) is 9.48 Å². The van der Waals surface area contributed by atoms with Gasteiger partial charge < -0.3 is 10.6 Å². The fraction of sp³-hybridized carbons (Fsp3) is 0.600. The maximum absolute atomic E-state index is 12.9. The molecule has 21 heavy (non-hydrogen) atoms. The van der Waals surface area contributed by atoms with E-state index in [1.807, 2.05) is 23.6 Å². The van der Waals surface area contributed by atoms with Gasteiger partial charge in [0.15, 0.2) is 0 Å². The molecule has 2 heterocycles. The Morgan fingerprint density at radius 3 is 2.71 bits per heavy atom. The van der Waals surface area contributed by atoms with Crippen molar-refractivity contribution < 1.29 is 4.79 Å². The van der Waals surface area contributed by atoms with Crippen molar-refractivity contribution in [1.29, 1.82) is 0 Å². The molecule has 0 unspecified atom stereocenters. The van der Waals surface area contributed by atoms with Gasteiger partial charge in [0.25, 0.3) is 5.91 Å². The first-order valence-corrected chi connectivity index (χ1v) is 8.24. The number of carbonyl (C=O) groups excluding carboxylic acids is 1. The van der Waals surface area contributed by atoms with E-state index in [9.17, 15) is 4.79 Å². The van der Waals surface area contributed by atoms with E-state index in [1.54, 1.807) is 0 Å². The number of aryl methyl sites for hydroxylation is 2. The van der Waals surface area contributed by atoms with E-state index in [0.29, 0.717) is 22.5 Å². The van der Waals surface area contributed by atoms with Crippen LogP contribution < -0.4 is 5.73 Å². The Morgan fingerprint density at radius 2 is 2.19 bits per heavy atom. The van der Waals surface area contributed by atoms with Crippen LogP contribution in [0.5, 0.6) is 0 Å². The molecule has 1 aliphatic carbocycles. The highest BCUT2D eigenvalue weighted by Crippen LogP contribution is 2.38. The summed E-state index contributed by atoms with van der Waals surface area (Å²) in [5.74, 6) is 0.554. The van der Waals surface area contributed by atoms with Crippen LogP contribution in [0.25, 0.3) is 10.2 Å². The molecule has 0 saturated heterocycles. The van der Waals surface area contributed by atoms with Crippen molar-refractivity contribution in [2.24, 2.45) is 13.0 Å². The topological polar surface area (TPSA) is 64.2 Å². The minimum atomic E-state index is 0.0873. The molecular formula is C15H22N4OS. The van der Waals surface area contributed by atoms with Gasteiger partial charge in [-0.25, -0.2) is 0 Å². The molecule has 1 fully saturated rings. The lowest BCUT2D eigenvalue weighted by Crippen LogP contribution is -2.36. The molecule has 6 heteroatoms. The standard InChI is InChI=1S/C15H22N4OS/c1-8(2)7-19(10-5-6-10)14(20)13-12(16)11-9(3)17-18(4)15(11)21-13/h8,10H,5-7,16H2,1-4H3. The molecule has 0 spiro atoms. The van der Waals surface area contributed by atoms with Crippen molar-refractivity contribution in [2.45, 2.75) is 39.7 Å². The Hall–Kier alpha value is -1.56. The molecule has 0 bridgehead atoms. The molecule has 0 atom stereocenters. The highest BCUT2D eigenvalue weighted by Gasteiger charge is 2.35. The van der Waals surface area contributed by atoms with Gasteiger partial charge in [-0.15, -0.1) is 11.3 Å². The molecule has 1 amide bonds. The van der Waals surface area contributed by atoms with Gasteiger partial charge >= 0.3 is 0 Å². The van der Waals surface area contributed by atoms with Crippen molar-refractivity contribution in [3.8, 4) is 0 Å². The number of rotatable bonds is 4. The number of fused-ring (bicyclic) bond motifs is 1. The largest absolute Gasteiger partial charge is 0.397 e. The predicted octanol–water partition coefficient (Wildman–Crippen LogP) is 2.79. The molecule has 0 aliphatic heterocycles. The fourth-order valence-electron chi connectivity index (χ4n) is 2.80.